The van der Waals surface area contributed by atoms with E-state index in [1.54, 1.807) is 37.4 Å². The molecular weight excluding hydrogens is 333 g/mol. The molecule has 0 fully saturated rings. The molecule has 0 spiro atoms. The minimum absolute atomic E-state index is 0.0351. The Morgan fingerprint density at radius 3 is 2.62 bits per heavy atom. The molecular formula is C20H20FN3O2. The SMILES string of the molecule is COc1ccc(CNC(=O)/C(C#N)=C\NCCc2ccccc2F)cc1. The summed E-state index contributed by atoms with van der Waals surface area (Å²) in [6, 6.07) is 15.6. The summed E-state index contributed by atoms with van der Waals surface area (Å²) in [5, 5.41) is 14.7. The average Bonchev–Trinajstić information content (AvgIpc) is 2.68. The van der Waals surface area contributed by atoms with Gasteiger partial charge in [0.25, 0.3) is 5.91 Å². The van der Waals surface area contributed by atoms with Crippen molar-refractivity contribution in [3.8, 4) is 11.8 Å². The zero-order valence-electron chi connectivity index (χ0n) is 14.5. The molecule has 0 aromatic heterocycles. The minimum atomic E-state index is -0.471. The molecule has 2 N–H and O–H groups in total. The first-order chi connectivity index (χ1) is 12.6. The second kappa shape index (κ2) is 9.84. The van der Waals surface area contributed by atoms with E-state index in [9.17, 15) is 9.18 Å². The van der Waals surface area contributed by atoms with Crippen molar-refractivity contribution in [3.05, 3.63) is 77.2 Å². The molecule has 2 rings (SSSR count). The van der Waals surface area contributed by atoms with Crippen LogP contribution < -0.4 is 15.4 Å². The summed E-state index contributed by atoms with van der Waals surface area (Å²) >= 11 is 0. The third kappa shape index (κ3) is 5.64. The van der Waals surface area contributed by atoms with E-state index in [-0.39, 0.29) is 11.4 Å². The molecule has 2 aromatic rings. The first-order valence-corrected chi connectivity index (χ1v) is 8.12. The number of halogens is 1. The summed E-state index contributed by atoms with van der Waals surface area (Å²) in [5.74, 6) is -0.00512. The third-order valence-electron chi connectivity index (χ3n) is 3.72. The summed E-state index contributed by atoms with van der Waals surface area (Å²) in [7, 11) is 1.58. The molecule has 2 aromatic carbocycles. The van der Waals surface area contributed by atoms with E-state index in [2.05, 4.69) is 10.6 Å². The quantitative estimate of drug-likeness (QED) is 0.435. The highest BCUT2D eigenvalue weighted by atomic mass is 19.1. The maximum absolute atomic E-state index is 13.5. The Labute approximate surface area is 152 Å². The molecule has 134 valence electrons. The van der Waals surface area contributed by atoms with Gasteiger partial charge in [0, 0.05) is 19.3 Å². The number of amides is 1. The van der Waals surface area contributed by atoms with Crippen molar-refractivity contribution in [3.63, 3.8) is 0 Å². The van der Waals surface area contributed by atoms with E-state index in [0.29, 0.717) is 25.1 Å². The lowest BCUT2D eigenvalue weighted by Gasteiger charge is -2.07. The molecule has 0 aliphatic heterocycles. The summed E-state index contributed by atoms with van der Waals surface area (Å²) in [5.41, 5.74) is 1.44. The molecule has 0 aliphatic rings. The maximum Gasteiger partial charge on any atom is 0.263 e. The number of nitrogens with one attached hydrogen (secondary N) is 2. The van der Waals surface area contributed by atoms with Crippen molar-refractivity contribution in [2.24, 2.45) is 0 Å². The van der Waals surface area contributed by atoms with Gasteiger partial charge in [-0.15, -0.1) is 0 Å². The lowest BCUT2D eigenvalue weighted by atomic mass is 10.1. The first kappa shape index (κ1) is 19.0. The van der Waals surface area contributed by atoms with Gasteiger partial charge in [0.05, 0.1) is 7.11 Å². The van der Waals surface area contributed by atoms with Crippen LogP contribution in [-0.2, 0) is 17.8 Å². The first-order valence-electron chi connectivity index (χ1n) is 8.12. The fourth-order valence-electron chi connectivity index (χ4n) is 2.25. The van der Waals surface area contributed by atoms with E-state index in [1.807, 2.05) is 18.2 Å². The van der Waals surface area contributed by atoms with Gasteiger partial charge in [-0.1, -0.05) is 30.3 Å². The lowest BCUT2D eigenvalue weighted by Crippen LogP contribution is -2.25. The van der Waals surface area contributed by atoms with E-state index in [0.717, 1.165) is 11.3 Å². The van der Waals surface area contributed by atoms with Gasteiger partial charge in [-0.3, -0.25) is 4.79 Å². The van der Waals surface area contributed by atoms with Crippen LogP contribution in [0.4, 0.5) is 4.39 Å². The maximum atomic E-state index is 13.5. The van der Waals surface area contributed by atoms with Crippen molar-refractivity contribution < 1.29 is 13.9 Å². The van der Waals surface area contributed by atoms with Gasteiger partial charge in [0.1, 0.15) is 23.2 Å². The Kier molecular flexibility index (Phi) is 7.19. The number of carbonyl (C=O) groups is 1. The molecule has 0 unspecified atom stereocenters. The second-order valence-corrected chi connectivity index (χ2v) is 5.50. The zero-order chi connectivity index (χ0) is 18.8. The molecule has 0 aliphatic carbocycles. The molecule has 0 bridgehead atoms. The monoisotopic (exact) mass is 353 g/mol. The van der Waals surface area contributed by atoms with Crippen LogP contribution in [0.25, 0.3) is 0 Å². The summed E-state index contributed by atoms with van der Waals surface area (Å²) < 4.78 is 18.6. The van der Waals surface area contributed by atoms with Crippen LogP contribution >= 0.6 is 0 Å². The number of nitriles is 1. The smallest absolute Gasteiger partial charge is 0.263 e. The van der Waals surface area contributed by atoms with Gasteiger partial charge < -0.3 is 15.4 Å². The highest BCUT2D eigenvalue weighted by Crippen LogP contribution is 2.11. The van der Waals surface area contributed by atoms with Crippen molar-refractivity contribution in [2.45, 2.75) is 13.0 Å². The minimum Gasteiger partial charge on any atom is -0.497 e. The predicted octanol–water partition coefficient (Wildman–Crippen LogP) is 2.69. The van der Waals surface area contributed by atoms with Crippen molar-refractivity contribution in [1.29, 1.82) is 5.26 Å². The molecule has 0 saturated heterocycles. The van der Waals surface area contributed by atoms with Crippen LogP contribution in [-0.4, -0.2) is 19.6 Å². The zero-order valence-corrected chi connectivity index (χ0v) is 14.5. The Morgan fingerprint density at radius 2 is 1.96 bits per heavy atom. The van der Waals surface area contributed by atoms with Crippen LogP contribution in [0.3, 0.4) is 0 Å². The number of ether oxygens (including phenoxy) is 1. The van der Waals surface area contributed by atoms with Crippen molar-refractivity contribution in [1.82, 2.24) is 10.6 Å². The van der Waals surface area contributed by atoms with Crippen LogP contribution in [0, 0.1) is 17.1 Å². The average molecular weight is 353 g/mol. The fraction of sp³-hybridized carbons (Fsp3) is 0.200. The number of hydrogen-bond donors (Lipinski definition) is 2. The Morgan fingerprint density at radius 1 is 1.23 bits per heavy atom. The van der Waals surface area contributed by atoms with Gasteiger partial charge >= 0.3 is 0 Å². The third-order valence-corrected chi connectivity index (χ3v) is 3.72. The highest BCUT2D eigenvalue weighted by Gasteiger charge is 2.08. The number of rotatable bonds is 8. The molecule has 6 heteroatoms. The fourth-order valence-corrected chi connectivity index (χ4v) is 2.25. The Hall–Kier alpha value is -3.33. The topological polar surface area (TPSA) is 74.1 Å². The van der Waals surface area contributed by atoms with E-state index in [4.69, 9.17) is 10.00 Å². The van der Waals surface area contributed by atoms with Crippen LogP contribution in [0.5, 0.6) is 5.75 Å². The lowest BCUT2D eigenvalue weighted by molar-refractivity contribution is -0.117. The molecule has 0 radical (unpaired) electrons. The van der Waals surface area contributed by atoms with Crippen LogP contribution in [0.2, 0.25) is 0 Å². The molecule has 5 nitrogen and oxygen atoms in total. The van der Waals surface area contributed by atoms with Gasteiger partial charge in [-0.05, 0) is 35.7 Å². The Balaban J connectivity index is 1.82. The molecule has 26 heavy (non-hydrogen) atoms. The van der Waals surface area contributed by atoms with Crippen LogP contribution in [0.1, 0.15) is 11.1 Å². The molecule has 0 heterocycles. The number of benzene rings is 2. The van der Waals surface area contributed by atoms with E-state index >= 15 is 0 Å². The van der Waals surface area contributed by atoms with E-state index in [1.165, 1.54) is 12.3 Å². The van der Waals surface area contributed by atoms with Gasteiger partial charge in [0.2, 0.25) is 0 Å². The number of nitrogens with zero attached hydrogens (tertiary/aromatic N) is 1. The van der Waals surface area contributed by atoms with Gasteiger partial charge in [-0.25, -0.2) is 4.39 Å². The number of hydrogen-bond acceptors (Lipinski definition) is 4. The largest absolute Gasteiger partial charge is 0.497 e. The Bertz CT molecular complexity index is 811. The normalized spacial score (nSPS) is 10.7. The number of methoxy groups -OCH3 is 1. The van der Waals surface area contributed by atoms with Crippen LogP contribution in [0.15, 0.2) is 60.3 Å². The molecule has 0 atom stereocenters. The standard InChI is InChI=1S/C20H20FN3O2/c1-26-18-8-6-15(7-9-18)13-24-20(25)17(12-22)14-23-11-10-16-4-2-3-5-19(16)21/h2-9,14,23H,10-11,13H2,1H3,(H,24,25)/b17-14-. The van der Waals surface area contributed by atoms with E-state index < -0.39 is 5.91 Å². The summed E-state index contributed by atoms with van der Waals surface area (Å²) in [4.78, 5) is 12.1. The van der Waals surface area contributed by atoms with Crippen molar-refractivity contribution >= 4 is 5.91 Å². The predicted molar refractivity (Wildman–Crippen MR) is 96.6 cm³/mol. The summed E-state index contributed by atoms with van der Waals surface area (Å²) in [6.45, 7) is 0.717. The highest BCUT2D eigenvalue weighted by molar-refractivity contribution is 5.97. The second-order valence-electron chi connectivity index (χ2n) is 5.50. The number of carbonyl (C=O) groups excluding carboxylic acids is 1. The van der Waals surface area contributed by atoms with Gasteiger partial charge in [0.15, 0.2) is 0 Å². The van der Waals surface area contributed by atoms with Gasteiger partial charge in [-0.2, -0.15) is 5.26 Å². The molecule has 1 amide bonds. The summed E-state index contributed by atoms with van der Waals surface area (Å²) in [6.07, 6.45) is 1.81. The molecule has 0 saturated carbocycles. The van der Waals surface area contributed by atoms with Crippen molar-refractivity contribution in [2.75, 3.05) is 13.7 Å².